The molecule has 0 unspecified atom stereocenters. The van der Waals surface area contributed by atoms with Crippen molar-refractivity contribution in [1.82, 2.24) is 0 Å². The molecule has 4 atom stereocenters. The van der Waals surface area contributed by atoms with E-state index in [2.05, 4.69) is 6.92 Å². The predicted octanol–water partition coefficient (Wildman–Crippen LogP) is 3.35. The molecule has 25 heavy (non-hydrogen) atoms. The van der Waals surface area contributed by atoms with Crippen molar-refractivity contribution < 1.29 is 17.4 Å². The van der Waals surface area contributed by atoms with Gasteiger partial charge < -0.3 is 4.18 Å². The Bertz CT molecular complexity index is 853. The van der Waals surface area contributed by atoms with Crippen molar-refractivity contribution in [2.45, 2.75) is 51.4 Å². The lowest BCUT2D eigenvalue weighted by Gasteiger charge is -2.48. The Hall–Kier alpha value is -1.11. The van der Waals surface area contributed by atoms with Gasteiger partial charge in [0.2, 0.25) is 0 Å². The van der Waals surface area contributed by atoms with E-state index in [-0.39, 0.29) is 16.2 Å². The SMILES string of the molecule is C[C@]12CC[C@@H]3c4cc(Cl)c(OS(N)(=O)=O)cc4CC[C@H]3[C@@H]1CCC2=O. The van der Waals surface area contributed by atoms with Crippen molar-refractivity contribution in [1.29, 1.82) is 0 Å². The minimum Gasteiger partial charge on any atom is -0.369 e. The van der Waals surface area contributed by atoms with Crippen LogP contribution in [-0.4, -0.2) is 14.2 Å². The zero-order chi connectivity index (χ0) is 18.0. The predicted molar refractivity (Wildman–Crippen MR) is 94.8 cm³/mol. The van der Waals surface area contributed by atoms with Crippen molar-refractivity contribution in [3.05, 3.63) is 28.3 Å². The number of fused-ring (bicyclic) bond motifs is 5. The van der Waals surface area contributed by atoms with Crippen LogP contribution < -0.4 is 9.32 Å². The van der Waals surface area contributed by atoms with Crippen LogP contribution in [0.25, 0.3) is 0 Å². The number of aryl methyl sites for hydroxylation is 1. The highest BCUT2D eigenvalue weighted by Crippen LogP contribution is 2.59. The molecule has 7 heteroatoms. The Kier molecular flexibility index (Phi) is 3.94. The number of hydrogen-bond acceptors (Lipinski definition) is 4. The van der Waals surface area contributed by atoms with E-state index in [1.165, 1.54) is 5.56 Å². The van der Waals surface area contributed by atoms with E-state index >= 15 is 0 Å². The number of halogens is 1. The molecule has 0 spiro atoms. The second-order valence-corrected chi connectivity index (χ2v) is 9.45. The van der Waals surface area contributed by atoms with E-state index in [0.29, 0.717) is 30.0 Å². The van der Waals surface area contributed by atoms with Crippen molar-refractivity contribution >= 4 is 27.7 Å². The largest absolute Gasteiger partial charge is 0.380 e. The third kappa shape index (κ3) is 2.78. The molecule has 0 heterocycles. The summed E-state index contributed by atoms with van der Waals surface area (Å²) in [4.78, 5) is 12.4. The summed E-state index contributed by atoms with van der Waals surface area (Å²) in [6.07, 6.45) is 5.45. The minimum absolute atomic E-state index is 0.0954. The van der Waals surface area contributed by atoms with Gasteiger partial charge >= 0.3 is 10.3 Å². The molecule has 1 aromatic rings. The molecule has 4 rings (SSSR count). The molecule has 0 aromatic heterocycles. The van der Waals surface area contributed by atoms with Gasteiger partial charge in [-0.05, 0) is 73.1 Å². The maximum Gasteiger partial charge on any atom is 0.380 e. The van der Waals surface area contributed by atoms with Gasteiger partial charge in [0.1, 0.15) is 5.78 Å². The molecular formula is C18H22ClNO4S. The van der Waals surface area contributed by atoms with Crippen molar-refractivity contribution in [3.8, 4) is 5.75 Å². The van der Waals surface area contributed by atoms with Gasteiger partial charge in [-0.2, -0.15) is 13.6 Å². The molecule has 2 N–H and O–H groups in total. The van der Waals surface area contributed by atoms with Gasteiger partial charge in [0.15, 0.2) is 5.75 Å². The average molecular weight is 384 g/mol. The monoisotopic (exact) mass is 383 g/mol. The van der Waals surface area contributed by atoms with Gasteiger partial charge in [0.25, 0.3) is 0 Å². The van der Waals surface area contributed by atoms with Crippen LogP contribution in [0.1, 0.15) is 56.1 Å². The summed E-state index contributed by atoms with van der Waals surface area (Å²) < 4.78 is 27.2. The number of carbonyl (C=O) groups is 1. The van der Waals surface area contributed by atoms with Crippen LogP contribution in [0.2, 0.25) is 5.02 Å². The molecule has 0 amide bonds. The van der Waals surface area contributed by atoms with E-state index in [4.69, 9.17) is 20.9 Å². The number of ketones is 1. The zero-order valence-corrected chi connectivity index (χ0v) is 15.7. The number of hydrogen-bond donors (Lipinski definition) is 1. The molecular weight excluding hydrogens is 362 g/mol. The average Bonchev–Trinajstić information content (AvgIpc) is 2.82. The molecule has 0 saturated heterocycles. The second kappa shape index (κ2) is 5.69. The smallest absolute Gasteiger partial charge is 0.369 e. The summed E-state index contributed by atoms with van der Waals surface area (Å²) in [5.41, 5.74) is 2.11. The van der Waals surface area contributed by atoms with E-state index in [0.717, 1.165) is 37.7 Å². The van der Waals surface area contributed by atoms with Crippen molar-refractivity contribution in [2.75, 3.05) is 0 Å². The van der Waals surface area contributed by atoms with Crippen LogP contribution in [-0.2, 0) is 21.5 Å². The maximum absolute atomic E-state index is 12.4. The summed E-state index contributed by atoms with van der Waals surface area (Å²) in [5, 5.41) is 5.23. The van der Waals surface area contributed by atoms with Crippen LogP contribution >= 0.6 is 11.6 Å². The number of rotatable bonds is 2. The molecule has 0 aliphatic heterocycles. The highest BCUT2D eigenvalue weighted by molar-refractivity contribution is 7.84. The molecule has 5 nitrogen and oxygen atoms in total. The minimum atomic E-state index is -4.10. The quantitative estimate of drug-likeness (QED) is 0.848. The lowest BCUT2D eigenvalue weighted by molar-refractivity contribution is -0.129. The Balaban J connectivity index is 1.69. The Labute approximate surface area is 153 Å². The first-order valence-electron chi connectivity index (χ1n) is 8.77. The highest BCUT2D eigenvalue weighted by Gasteiger charge is 2.54. The standard InChI is InChI=1S/C18H22ClNO4S/c1-18-7-6-11-12(14(18)4-5-17(18)21)3-2-10-8-16(24-25(20,22)23)15(19)9-13(10)11/h8-9,11-12,14H,2-7H2,1H3,(H2,20,22,23)/t11-,12+,14-,18-/m0/s1. The van der Waals surface area contributed by atoms with Gasteiger partial charge in [-0.25, -0.2) is 0 Å². The Morgan fingerprint density at radius 2 is 2.00 bits per heavy atom. The molecule has 0 bridgehead atoms. The second-order valence-electron chi connectivity index (χ2n) is 7.89. The fourth-order valence-electron chi connectivity index (χ4n) is 5.53. The van der Waals surface area contributed by atoms with E-state index in [1.807, 2.05) is 6.07 Å². The van der Waals surface area contributed by atoms with Gasteiger partial charge in [-0.1, -0.05) is 18.5 Å². The van der Waals surface area contributed by atoms with Crippen molar-refractivity contribution in [3.63, 3.8) is 0 Å². The fraction of sp³-hybridized carbons (Fsp3) is 0.611. The first kappa shape index (κ1) is 17.3. The molecule has 1 aromatic carbocycles. The topological polar surface area (TPSA) is 86.5 Å². The normalized spacial score (nSPS) is 34.2. The molecule has 3 aliphatic carbocycles. The highest BCUT2D eigenvalue weighted by atomic mass is 35.5. The molecule has 2 saturated carbocycles. The van der Waals surface area contributed by atoms with E-state index in [9.17, 15) is 13.2 Å². The fourth-order valence-corrected chi connectivity index (χ4v) is 6.18. The Morgan fingerprint density at radius 3 is 2.72 bits per heavy atom. The van der Waals surface area contributed by atoms with Crippen LogP contribution in [0.15, 0.2) is 12.1 Å². The zero-order valence-electron chi connectivity index (χ0n) is 14.1. The van der Waals surface area contributed by atoms with Gasteiger partial charge in [0, 0.05) is 11.8 Å². The van der Waals surface area contributed by atoms with Crippen LogP contribution in [0.3, 0.4) is 0 Å². The number of benzene rings is 1. The number of nitrogens with two attached hydrogens (primary N) is 1. The number of carbonyl (C=O) groups excluding carboxylic acids is 1. The first-order valence-corrected chi connectivity index (χ1v) is 10.6. The van der Waals surface area contributed by atoms with Crippen LogP contribution in [0.4, 0.5) is 0 Å². The summed E-state index contributed by atoms with van der Waals surface area (Å²) >= 11 is 6.26. The summed E-state index contributed by atoms with van der Waals surface area (Å²) in [6.45, 7) is 2.15. The number of Topliss-reactive ketones (excluding diaryl/α,β-unsaturated/α-hetero) is 1. The van der Waals surface area contributed by atoms with E-state index < -0.39 is 10.3 Å². The first-order chi connectivity index (χ1) is 11.7. The van der Waals surface area contributed by atoms with Gasteiger partial charge in [-0.3, -0.25) is 4.79 Å². The van der Waals surface area contributed by atoms with Gasteiger partial charge in [0.05, 0.1) is 5.02 Å². The molecule has 0 radical (unpaired) electrons. The molecule has 2 fully saturated rings. The third-order valence-corrected chi connectivity index (χ3v) is 7.40. The lowest BCUT2D eigenvalue weighted by Crippen LogP contribution is -2.42. The van der Waals surface area contributed by atoms with Crippen LogP contribution in [0, 0.1) is 17.3 Å². The molecule has 136 valence electrons. The van der Waals surface area contributed by atoms with Crippen LogP contribution in [0.5, 0.6) is 5.75 Å². The van der Waals surface area contributed by atoms with Gasteiger partial charge in [-0.15, -0.1) is 0 Å². The third-order valence-electron chi connectivity index (χ3n) is 6.69. The summed E-state index contributed by atoms with van der Waals surface area (Å²) in [5.74, 6) is 1.85. The maximum atomic E-state index is 12.4. The molecule has 3 aliphatic rings. The Morgan fingerprint density at radius 1 is 1.24 bits per heavy atom. The summed E-state index contributed by atoms with van der Waals surface area (Å²) in [7, 11) is -4.10. The van der Waals surface area contributed by atoms with Crippen molar-refractivity contribution in [2.24, 2.45) is 22.4 Å². The lowest BCUT2D eigenvalue weighted by atomic mass is 9.55. The van der Waals surface area contributed by atoms with E-state index in [1.54, 1.807) is 6.07 Å². The summed E-state index contributed by atoms with van der Waals surface area (Å²) in [6, 6.07) is 3.56.